The predicted molar refractivity (Wildman–Crippen MR) is 81.8 cm³/mol. The van der Waals surface area contributed by atoms with Crippen LogP contribution >= 0.6 is 0 Å². The van der Waals surface area contributed by atoms with Crippen LogP contribution in [-0.4, -0.2) is 23.7 Å². The van der Waals surface area contributed by atoms with Gasteiger partial charge in [-0.2, -0.15) is 0 Å². The zero-order valence-electron chi connectivity index (χ0n) is 12.2. The normalized spacial score (nSPS) is 23.1. The Kier molecular flexibility index (Phi) is 3.99. The minimum Gasteiger partial charge on any atom is -0.378 e. The maximum Gasteiger partial charge on any atom is 0.0708 e. The zero-order valence-corrected chi connectivity index (χ0v) is 12.2. The van der Waals surface area contributed by atoms with E-state index in [1.165, 1.54) is 10.9 Å². The lowest BCUT2D eigenvalue weighted by atomic mass is 10.0. The minimum atomic E-state index is 0.372. The van der Waals surface area contributed by atoms with Gasteiger partial charge in [-0.3, -0.25) is 4.98 Å². The van der Waals surface area contributed by atoms with Crippen LogP contribution in [0, 0.1) is 6.92 Å². The van der Waals surface area contributed by atoms with Gasteiger partial charge in [0.05, 0.1) is 11.6 Å². The molecule has 106 valence electrons. The van der Waals surface area contributed by atoms with E-state index in [2.05, 4.69) is 48.4 Å². The van der Waals surface area contributed by atoms with Crippen molar-refractivity contribution >= 4 is 10.9 Å². The molecule has 0 amide bonds. The Morgan fingerprint density at radius 3 is 3.05 bits per heavy atom. The maximum absolute atomic E-state index is 5.60. The molecule has 0 aliphatic carbocycles. The van der Waals surface area contributed by atoms with Gasteiger partial charge in [0.25, 0.3) is 0 Å². The van der Waals surface area contributed by atoms with Crippen molar-refractivity contribution in [3.05, 3.63) is 41.6 Å². The van der Waals surface area contributed by atoms with Gasteiger partial charge in [-0.25, -0.2) is 0 Å². The molecule has 1 saturated heterocycles. The van der Waals surface area contributed by atoms with Crippen molar-refractivity contribution in [2.24, 2.45) is 0 Å². The highest BCUT2D eigenvalue weighted by atomic mass is 16.5. The molecule has 2 heterocycles. The fourth-order valence-electron chi connectivity index (χ4n) is 2.98. The molecule has 20 heavy (non-hydrogen) atoms. The standard InChI is InChI=1S/C17H22N2O/c1-12-9-14(16-5-3-4-6-17(16)19-12)11-18-15-7-8-20-13(2)10-15/h3-6,9,13,15,18H,7-8,10-11H2,1-2H3. The van der Waals surface area contributed by atoms with Crippen LogP contribution in [0.4, 0.5) is 0 Å². The molecule has 2 atom stereocenters. The molecule has 1 N–H and O–H groups in total. The van der Waals surface area contributed by atoms with Gasteiger partial charge in [-0.1, -0.05) is 18.2 Å². The van der Waals surface area contributed by atoms with Gasteiger partial charge in [0.15, 0.2) is 0 Å². The van der Waals surface area contributed by atoms with Crippen LogP contribution in [0.25, 0.3) is 10.9 Å². The number of para-hydroxylation sites is 1. The summed E-state index contributed by atoms with van der Waals surface area (Å²) in [5, 5.41) is 4.94. The van der Waals surface area contributed by atoms with E-state index in [1.54, 1.807) is 0 Å². The van der Waals surface area contributed by atoms with E-state index in [0.717, 1.165) is 37.2 Å². The van der Waals surface area contributed by atoms with Gasteiger partial charge in [0, 0.05) is 30.3 Å². The topological polar surface area (TPSA) is 34.1 Å². The molecule has 1 aromatic carbocycles. The number of benzene rings is 1. The zero-order chi connectivity index (χ0) is 13.9. The largest absolute Gasteiger partial charge is 0.378 e. The summed E-state index contributed by atoms with van der Waals surface area (Å²) in [7, 11) is 0. The number of pyridine rings is 1. The van der Waals surface area contributed by atoms with E-state index < -0.39 is 0 Å². The third kappa shape index (κ3) is 3.00. The summed E-state index contributed by atoms with van der Waals surface area (Å²) >= 11 is 0. The third-order valence-corrected chi connectivity index (χ3v) is 4.00. The molecule has 1 aromatic heterocycles. The number of fused-ring (bicyclic) bond motifs is 1. The first-order valence-electron chi connectivity index (χ1n) is 7.42. The fourth-order valence-corrected chi connectivity index (χ4v) is 2.98. The number of aryl methyl sites for hydroxylation is 1. The molecule has 2 unspecified atom stereocenters. The van der Waals surface area contributed by atoms with Crippen molar-refractivity contribution < 1.29 is 4.74 Å². The van der Waals surface area contributed by atoms with Crippen molar-refractivity contribution in [3.63, 3.8) is 0 Å². The average Bonchev–Trinajstić information content (AvgIpc) is 2.44. The van der Waals surface area contributed by atoms with Crippen LogP contribution in [0.3, 0.4) is 0 Å². The SMILES string of the molecule is Cc1cc(CNC2CCOC(C)C2)c2ccccc2n1. The summed E-state index contributed by atoms with van der Waals surface area (Å²) in [6.45, 7) is 5.99. The minimum absolute atomic E-state index is 0.372. The van der Waals surface area contributed by atoms with Crippen molar-refractivity contribution in [1.29, 1.82) is 0 Å². The van der Waals surface area contributed by atoms with Gasteiger partial charge in [0.1, 0.15) is 0 Å². The Labute approximate surface area is 120 Å². The monoisotopic (exact) mass is 270 g/mol. The molecule has 2 aromatic rings. The van der Waals surface area contributed by atoms with Crippen molar-refractivity contribution in [2.75, 3.05) is 6.61 Å². The lowest BCUT2D eigenvalue weighted by molar-refractivity contribution is 0.0130. The van der Waals surface area contributed by atoms with E-state index in [0.29, 0.717) is 12.1 Å². The average molecular weight is 270 g/mol. The first-order chi connectivity index (χ1) is 9.72. The fraction of sp³-hybridized carbons (Fsp3) is 0.471. The van der Waals surface area contributed by atoms with Crippen LogP contribution in [0.2, 0.25) is 0 Å². The number of hydrogen-bond acceptors (Lipinski definition) is 3. The van der Waals surface area contributed by atoms with Crippen molar-refractivity contribution in [1.82, 2.24) is 10.3 Å². The Hall–Kier alpha value is -1.45. The van der Waals surface area contributed by atoms with Gasteiger partial charge in [-0.05, 0) is 44.4 Å². The van der Waals surface area contributed by atoms with Crippen LogP contribution in [-0.2, 0) is 11.3 Å². The molecular weight excluding hydrogens is 248 g/mol. The lowest BCUT2D eigenvalue weighted by Crippen LogP contribution is -2.37. The van der Waals surface area contributed by atoms with Gasteiger partial charge >= 0.3 is 0 Å². The first-order valence-corrected chi connectivity index (χ1v) is 7.42. The summed E-state index contributed by atoms with van der Waals surface area (Å²) in [5.74, 6) is 0. The molecule has 1 aliphatic rings. The second kappa shape index (κ2) is 5.90. The maximum atomic E-state index is 5.60. The molecule has 0 spiro atoms. The smallest absolute Gasteiger partial charge is 0.0708 e. The summed E-state index contributed by atoms with van der Waals surface area (Å²) in [5.41, 5.74) is 3.51. The Morgan fingerprint density at radius 1 is 1.35 bits per heavy atom. The lowest BCUT2D eigenvalue weighted by Gasteiger charge is -2.28. The van der Waals surface area contributed by atoms with E-state index >= 15 is 0 Å². The predicted octanol–water partition coefficient (Wildman–Crippen LogP) is 3.20. The molecule has 1 fully saturated rings. The molecule has 0 saturated carbocycles. The molecule has 3 rings (SSSR count). The van der Waals surface area contributed by atoms with E-state index in [1.807, 2.05) is 6.07 Å². The summed E-state index contributed by atoms with van der Waals surface area (Å²) in [6.07, 6.45) is 2.58. The number of hydrogen-bond donors (Lipinski definition) is 1. The Balaban J connectivity index is 1.77. The first kappa shape index (κ1) is 13.5. The highest BCUT2D eigenvalue weighted by Gasteiger charge is 2.18. The third-order valence-electron chi connectivity index (χ3n) is 4.00. The summed E-state index contributed by atoms with van der Waals surface area (Å²) < 4.78 is 5.60. The Bertz CT molecular complexity index is 597. The summed E-state index contributed by atoms with van der Waals surface area (Å²) in [4.78, 5) is 4.60. The number of aromatic nitrogens is 1. The quantitative estimate of drug-likeness (QED) is 0.930. The molecule has 1 aliphatic heterocycles. The number of ether oxygens (including phenoxy) is 1. The van der Waals surface area contributed by atoms with Crippen LogP contribution in [0.15, 0.2) is 30.3 Å². The van der Waals surface area contributed by atoms with Gasteiger partial charge in [-0.15, -0.1) is 0 Å². The van der Waals surface area contributed by atoms with Crippen LogP contribution in [0.1, 0.15) is 31.0 Å². The van der Waals surface area contributed by atoms with Gasteiger partial charge < -0.3 is 10.1 Å². The van der Waals surface area contributed by atoms with Crippen molar-refractivity contribution in [2.45, 2.75) is 45.4 Å². The Morgan fingerprint density at radius 2 is 2.20 bits per heavy atom. The number of nitrogens with zero attached hydrogens (tertiary/aromatic N) is 1. The summed E-state index contributed by atoms with van der Waals surface area (Å²) in [6, 6.07) is 11.1. The molecule has 0 radical (unpaired) electrons. The van der Waals surface area contributed by atoms with Crippen molar-refractivity contribution in [3.8, 4) is 0 Å². The molecule has 0 bridgehead atoms. The van der Waals surface area contributed by atoms with E-state index in [-0.39, 0.29) is 0 Å². The molecular formula is C17H22N2O. The van der Waals surface area contributed by atoms with Crippen LogP contribution < -0.4 is 5.32 Å². The number of rotatable bonds is 3. The molecule has 3 nitrogen and oxygen atoms in total. The molecule has 3 heteroatoms. The second-order valence-electron chi connectivity index (χ2n) is 5.72. The second-order valence-corrected chi connectivity index (χ2v) is 5.72. The van der Waals surface area contributed by atoms with Crippen LogP contribution in [0.5, 0.6) is 0 Å². The van der Waals surface area contributed by atoms with E-state index in [4.69, 9.17) is 4.74 Å². The highest BCUT2D eigenvalue weighted by Crippen LogP contribution is 2.19. The number of nitrogens with one attached hydrogen (secondary N) is 1. The van der Waals surface area contributed by atoms with Gasteiger partial charge in [0.2, 0.25) is 0 Å². The van der Waals surface area contributed by atoms with E-state index in [9.17, 15) is 0 Å². The highest BCUT2D eigenvalue weighted by molar-refractivity contribution is 5.82.